The van der Waals surface area contributed by atoms with Gasteiger partial charge in [-0.15, -0.1) is 0 Å². The lowest BCUT2D eigenvalue weighted by Gasteiger charge is -2.12. The zero-order chi connectivity index (χ0) is 16.0. The summed E-state index contributed by atoms with van der Waals surface area (Å²) in [4.78, 5) is 8.51. The van der Waals surface area contributed by atoms with Gasteiger partial charge in [0.25, 0.3) is 0 Å². The fraction of sp³-hybridized carbons (Fsp3) is 0.0625. The summed E-state index contributed by atoms with van der Waals surface area (Å²) in [6.45, 7) is 0. The Morgan fingerprint density at radius 2 is 1.87 bits per heavy atom. The average Bonchev–Trinajstić information content (AvgIpc) is 2.99. The first kappa shape index (κ1) is 14.4. The molecule has 1 aromatic heterocycles. The minimum Gasteiger partial charge on any atom is -0.365 e. The van der Waals surface area contributed by atoms with E-state index < -0.39 is 6.23 Å². The van der Waals surface area contributed by atoms with Crippen LogP contribution in [0, 0.1) is 0 Å². The Balaban J connectivity index is 2.05. The van der Waals surface area contributed by atoms with E-state index in [0.717, 1.165) is 11.3 Å². The molecule has 0 saturated carbocycles. The molecule has 1 atom stereocenters. The summed E-state index contributed by atoms with van der Waals surface area (Å²) >= 11 is 12.5. The molecule has 0 fully saturated rings. The van der Waals surface area contributed by atoms with Crippen molar-refractivity contribution < 1.29 is 5.11 Å². The van der Waals surface area contributed by atoms with Crippen LogP contribution in [0.15, 0.2) is 53.8 Å². The van der Waals surface area contributed by atoms with Crippen LogP contribution in [0.4, 0.5) is 0 Å². The summed E-state index contributed by atoms with van der Waals surface area (Å²) in [5.74, 6) is 0.343. The van der Waals surface area contributed by atoms with Crippen LogP contribution in [0.3, 0.4) is 0 Å². The number of rotatable bonds is 1. The second-order valence-electron chi connectivity index (χ2n) is 5.02. The van der Waals surface area contributed by atoms with Gasteiger partial charge in [0.2, 0.25) is 6.23 Å². The molecule has 5 nitrogen and oxygen atoms in total. The Labute approximate surface area is 141 Å². The summed E-state index contributed by atoms with van der Waals surface area (Å²) in [5, 5.41) is 15.7. The van der Waals surface area contributed by atoms with Crippen LogP contribution in [-0.4, -0.2) is 25.6 Å². The average molecular weight is 345 g/mol. The number of aliphatic hydroxyl groups excluding tert-OH is 1. The lowest BCUT2D eigenvalue weighted by molar-refractivity contribution is 0.176. The molecule has 1 aliphatic heterocycles. The van der Waals surface area contributed by atoms with E-state index in [4.69, 9.17) is 23.2 Å². The lowest BCUT2D eigenvalue weighted by Crippen LogP contribution is -2.08. The molecule has 2 heterocycles. The van der Waals surface area contributed by atoms with Crippen molar-refractivity contribution in [2.45, 2.75) is 6.23 Å². The van der Waals surface area contributed by atoms with Gasteiger partial charge in [0.1, 0.15) is 6.33 Å². The molecule has 0 amide bonds. The summed E-state index contributed by atoms with van der Waals surface area (Å²) in [7, 11) is 0. The minimum absolute atomic E-state index is 0.343. The van der Waals surface area contributed by atoms with Crippen LogP contribution < -0.4 is 0 Å². The van der Waals surface area contributed by atoms with E-state index in [2.05, 4.69) is 15.1 Å². The molecule has 0 spiro atoms. The first-order valence-electron chi connectivity index (χ1n) is 6.86. The molecule has 0 radical (unpaired) electrons. The number of fused-ring (bicyclic) bond motifs is 3. The molecule has 23 heavy (non-hydrogen) atoms. The number of halogens is 2. The molecular formula is C16H10Cl2N4O. The van der Waals surface area contributed by atoms with Crippen molar-refractivity contribution in [1.82, 2.24) is 14.8 Å². The highest BCUT2D eigenvalue weighted by Gasteiger charge is 2.26. The van der Waals surface area contributed by atoms with Crippen molar-refractivity contribution in [3.05, 3.63) is 75.8 Å². The number of aromatic nitrogens is 3. The Morgan fingerprint density at radius 3 is 2.70 bits per heavy atom. The van der Waals surface area contributed by atoms with Gasteiger partial charge in [0.15, 0.2) is 5.82 Å². The fourth-order valence-electron chi connectivity index (χ4n) is 2.61. The monoisotopic (exact) mass is 344 g/mol. The maximum absolute atomic E-state index is 10.4. The number of nitrogens with zero attached hydrogens (tertiary/aromatic N) is 4. The first-order valence-corrected chi connectivity index (χ1v) is 7.62. The van der Waals surface area contributed by atoms with Crippen LogP contribution >= 0.6 is 23.2 Å². The zero-order valence-corrected chi connectivity index (χ0v) is 13.2. The van der Waals surface area contributed by atoms with E-state index in [1.165, 1.54) is 6.33 Å². The van der Waals surface area contributed by atoms with Crippen LogP contribution in [-0.2, 0) is 0 Å². The van der Waals surface area contributed by atoms with Crippen molar-refractivity contribution in [3.63, 3.8) is 0 Å². The topological polar surface area (TPSA) is 63.3 Å². The van der Waals surface area contributed by atoms with Crippen molar-refractivity contribution in [1.29, 1.82) is 0 Å². The van der Waals surface area contributed by atoms with E-state index in [9.17, 15) is 5.11 Å². The van der Waals surface area contributed by atoms with E-state index in [1.807, 2.05) is 24.3 Å². The fourth-order valence-corrected chi connectivity index (χ4v) is 3.01. The second kappa shape index (κ2) is 5.45. The van der Waals surface area contributed by atoms with Crippen LogP contribution in [0.5, 0.6) is 0 Å². The van der Waals surface area contributed by atoms with Gasteiger partial charge in [-0.05, 0) is 24.3 Å². The number of hydrogen-bond donors (Lipinski definition) is 1. The van der Waals surface area contributed by atoms with Crippen molar-refractivity contribution in [3.8, 4) is 5.69 Å². The molecule has 0 bridgehead atoms. The van der Waals surface area contributed by atoms with Gasteiger partial charge in [-0.3, -0.25) is 0 Å². The van der Waals surface area contributed by atoms with Gasteiger partial charge in [-0.25, -0.2) is 14.7 Å². The van der Waals surface area contributed by atoms with E-state index >= 15 is 0 Å². The Morgan fingerprint density at radius 1 is 1.04 bits per heavy atom. The van der Waals surface area contributed by atoms with Gasteiger partial charge in [0.05, 0.1) is 11.4 Å². The predicted molar refractivity (Wildman–Crippen MR) is 88.4 cm³/mol. The molecule has 1 unspecified atom stereocenters. The molecule has 114 valence electrons. The number of aliphatic hydroxyl groups is 1. The smallest absolute Gasteiger partial charge is 0.206 e. The first-order chi connectivity index (χ1) is 11.1. The molecule has 0 aliphatic carbocycles. The summed E-state index contributed by atoms with van der Waals surface area (Å²) in [6, 6.07) is 12.7. The van der Waals surface area contributed by atoms with Crippen molar-refractivity contribution >= 4 is 28.9 Å². The Kier molecular flexibility index (Phi) is 3.41. The molecule has 3 aromatic rings. The minimum atomic E-state index is -1.14. The van der Waals surface area contributed by atoms with Crippen LogP contribution in [0.2, 0.25) is 10.0 Å². The molecule has 1 N–H and O–H groups in total. The maximum atomic E-state index is 10.4. The van der Waals surface area contributed by atoms with Gasteiger partial charge in [0, 0.05) is 21.2 Å². The molecule has 2 aromatic carbocycles. The normalized spacial score (nSPS) is 16.3. The zero-order valence-electron chi connectivity index (χ0n) is 11.7. The SMILES string of the molecule is OC1N=C(c2ccccc2Cl)c2cc(Cl)ccc2-n2ncnc21. The van der Waals surface area contributed by atoms with Gasteiger partial charge >= 0.3 is 0 Å². The van der Waals surface area contributed by atoms with E-state index in [0.29, 0.717) is 27.1 Å². The number of aliphatic imine (C=N–C) groups is 1. The second-order valence-corrected chi connectivity index (χ2v) is 5.87. The summed E-state index contributed by atoms with van der Waals surface area (Å²) in [5.41, 5.74) is 2.72. The van der Waals surface area contributed by atoms with Crippen molar-refractivity contribution in [2.75, 3.05) is 0 Å². The Hall–Kier alpha value is -2.21. The largest absolute Gasteiger partial charge is 0.365 e. The van der Waals surface area contributed by atoms with Gasteiger partial charge < -0.3 is 5.11 Å². The standard InChI is InChI=1S/C16H10Cl2N4O/c17-9-5-6-13-11(7-9)14(10-3-1-2-4-12(10)18)21-16(23)15-19-8-20-22(13)15/h1-8,16,23H. The number of benzene rings is 2. The molecule has 1 aliphatic rings. The third-order valence-electron chi connectivity index (χ3n) is 3.63. The van der Waals surface area contributed by atoms with Gasteiger partial charge in [-0.1, -0.05) is 41.4 Å². The van der Waals surface area contributed by atoms with Gasteiger partial charge in [-0.2, -0.15) is 5.10 Å². The maximum Gasteiger partial charge on any atom is 0.206 e. The highest BCUT2D eigenvalue weighted by atomic mass is 35.5. The third-order valence-corrected chi connectivity index (χ3v) is 4.19. The van der Waals surface area contributed by atoms with E-state index in [-0.39, 0.29) is 0 Å². The highest BCUT2D eigenvalue weighted by molar-refractivity contribution is 6.36. The van der Waals surface area contributed by atoms with Crippen molar-refractivity contribution in [2.24, 2.45) is 4.99 Å². The molecule has 0 saturated heterocycles. The Bertz CT molecular complexity index is 935. The quantitative estimate of drug-likeness (QED) is 0.735. The predicted octanol–water partition coefficient (Wildman–Crippen LogP) is 3.42. The summed E-state index contributed by atoms with van der Waals surface area (Å²) < 4.78 is 1.56. The lowest BCUT2D eigenvalue weighted by atomic mass is 10.0. The molecule has 4 rings (SSSR count). The van der Waals surface area contributed by atoms with Crippen LogP contribution in [0.25, 0.3) is 5.69 Å². The highest BCUT2D eigenvalue weighted by Crippen LogP contribution is 2.31. The molecule has 7 heteroatoms. The van der Waals surface area contributed by atoms with Crippen LogP contribution in [0.1, 0.15) is 23.2 Å². The summed E-state index contributed by atoms with van der Waals surface area (Å²) in [6.07, 6.45) is 0.238. The molecular weight excluding hydrogens is 335 g/mol. The van der Waals surface area contributed by atoms with E-state index in [1.54, 1.807) is 22.9 Å². The third kappa shape index (κ3) is 2.34. The number of hydrogen-bond acceptors (Lipinski definition) is 4.